The van der Waals surface area contributed by atoms with Crippen molar-refractivity contribution in [3.63, 3.8) is 0 Å². The van der Waals surface area contributed by atoms with Crippen LogP contribution in [0.15, 0.2) is 0 Å². The number of nitrogen functional groups attached to an aromatic ring is 2. The topological polar surface area (TPSA) is 99.3 Å². The van der Waals surface area contributed by atoms with E-state index in [-0.39, 0.29) is 12.6 Å². The normalized spacial score (nSPS) is 11.1. The fourth-order valence-electron chi connectivity index (χ4n) is 1.07. The smallest absolute Gasteiger partial charge is 0.145 e. The van der Waals surface area contributed by atoms with Gasteiger partial charge >= 0.3 is 0 Å². The summed E-state index contributed by atoms with van der Waals surface area (Å²) in [5.41, 5.74) is 12.1. The number of nitrogens with two attached hydrogens (primary N) is 2. The molecule has 0 atom stereocenters. The Morgan fingerprint density at radius 2 is 2.15 bits per heavy atom. The van der Waals surface area contributed by atoms with Gasteiger partial charge in [-0.05, 0) is 13.8 Å². The van der Waals surface area contributed by atoms with E-state index in [4.69, 9.17) is 16.7 Å². The molecule has 1 rings (SSSR count). The van der Waals surface area contributed by atoms with Gasteiger partial charge in [0.1, 0.15) is 23.8 Å². The summed E-state index contributed by atoms with van der Waals surface area (Å²) in [7, 11) is 0. The van der Waals surface area contributed by atoms with E-state index in [0.29, 0.717) is 17.2 Å². The molecule has 0 spiro atoms. The first-order valence-electron chi connectivity index (χ1n) is 3.96. The van der Waals surface area contributed by atoms with Crippen molar-refractivity contribution in [1.29, 1.82) is 0 Å². The summed E-state index contributed by atoms with van der Waals surface area (Å²) < 4.78 is 1.59. The van der Waals surface area contributed by atoms with E-state index in [1.807, 2.05) is 13.8 Å². The van der Waals surface area contributed by atoms with Crippen molar-refractivity contribution >= 4 is 11.5 Å². The molecular weight excluding hydrogens is 172 g/mol. The maximum absolute atomic E-state index is 8.24. The van der Waals surface area contributed by atoms with E-state index >= 15 is 0 Å². The average molecular weight is 186 g/mol. The summed E-state index contributed by atoms with van der Waals surface area (Å²) in [4.78, 5) is 3.95. The Morgan fingerprint density at radius 3 is 2.54 bits per heavy atom. The molecule has 0 saturated heterocycles. The van der Waals surface area contributed by atoms with Gasteiger partial charge in [0.25, 0.3) is 0 Å². The zero-order chi connectivity index (χ0) is 10.0. The van der Waals surface area contributed by atoms with Crippen LogP contribution in [0.4, 0.5) is 11.5 Å². The molecule has 6 nitrogen and oxygen atoms in total. The van der Waals surface area contributed by atoms with Crippen molar-refractivity contribution in [1.82, 2.24) is 9.78 Å². The largest absolute Gasteiger partial charge is 0.394 e. The molecule has 0 bridgehead atoms. The third-order valence-electron chi connectivity index (χ3n) is 1.75. The number of aromatic nitrogens is 2. The second-order valence-electron chi connectivity index (χ2n) is 3.06. The molecule has 5 N–H and O–H groups in total. The van der Waals surface area contributed by atoms with Gasteiger partial charge in [0.2, 0.25) is 0 Å². The average Bonchev–Trinajstić information content (AvgIpc) is 2.33. The van der Waals surface area contributed by atoms with Crippen LogP contribution in [0.1, 0.15) is 25.6 Å². The summed E-state index contributed by atoms with van der Waals surface area (Å²) in [5.74, 6) is 0.405. The van der Waals surface area contributed by atoms with Gasteiger partial charge < -0.3 is 11.5 Å². The standard InChI is InChI=1S/C7H14N4O2/c1-4(2)11-7(9)6(8)5(10-11)3-13-12/h4,12H,3,8-9H2,1-2H3. The Kier molecular flexibility index (Phi) is 2.74. The number of hydrogen-bond donors (Lipinski definition) is 3. The molecule has 13 heavy (non-hydrogen) atoms. The monoisotopic (exact) mass is 186 g/mol. The van der Waals surface area contributed by atoms with Gasteiger partial charge in [0.15, 0.2) is 0 Å². The van der Waals surface area contributed by atoms with Crippen LogP contribution in [-0.4, -0.2) is 15.0 Å². The predicted molar refractivity (Wildman–Crippen MR) is 48.9 cm³/mol. The van der Waals surface area contributed by atoms with E-state index in [1.165, 1.54) is 0 Å². The molecule has 0 aliphatic heterocycles. The lowest BCUT2D eigenvalue weighted by atomic mass is 10.3. The molecule has 1 aromatic rings. The Labute approximate surface area is 76.0 Å². The highest BCUT2D eigenvalue weighted by Gasteiger charge is 2.14. The molecule has 0 aliphatic rings. The summed E-state index contributed by atoms with van der Waals surface area (Å²) >= 11 is 0. The third kappa shape index (κ3) is 1.73. The summed E-state index contributed by atoms with van der Waals surface area (Å²) in [5, 5.41) is 12.3. The van der Waals surface area contributed by atoms with Crippen LogP contribution < -0.4 is 11.5 Å². The van der Waals surface area contributed by atoms with E-state index in [9.17, 15) is 0 Å². The van der Waals surface area contributed by atoms with E-state index in [2.05, 4.69) is 9.99 Å². The van der Waals surface area contributed by atoms with Gasteiger partial charge in [-0.1, -0.05) is 0 Å². The molecule has 1 heterocycles. The predicted octanol–water partition coefficient (Wildman–Crippen LogP) is 0.618. The highest BCUT2D eigenvalue weighted by atomic mass is 17.1. The maximum atomic E-state index is 8.24. The zero-order valence-electron chi connectivity index (χ0n) is 7.69. The first-order valence-corrected chi connectivity index (χ1v) is 3.96. The van der Waals surface area contributed by atoms with Gasteiger partial charge in [0.05, 0.1) is 0 Å². The molecule has 0 saturated carbocycles. The van der Waals surface area contributed by atoms with Gasteiger partial charge in [0, 0.05) is 6.04 Å². The van der Waals surface area contributed by atoms with Crippen LogP contribution in [-0.2, 0) is 11.5 Å². The van der Waals surface area contributed by atoms with E-state index in [0.717, 1.165) is 0 Å². The van der Waals surface area contributed by atoms with Crippen molar-refractivity contribution in [3.05, 3.63) is 5.69 Å². The molecule has 0 amide bonds. The molecule has 0 aromatic carbocycles. The first-order chi connectivity index (χ1) is 6.07. The number of nitrogens with zero attached hydrogens (tertiary/aromatic N) is 2. The summed E-state index contributed by atoms with van der Waals surface area (Å²) in [6.45, 7) is 3.83. The van der Waals surface area contributed by atoms with E-state index in [1.54, 1.807) is 4.68 Å². The van der Waals surface area contributed by atoms with Crippen molar-refractivity contribution < 1.29 is 10.1 Å². The lowest BCUT2D eigenvalue weighted by Gasteiger charge is -2.06. The molecule has 0 fully saturated rings. The van der Waals surface area contributed by atoms with Crippen molar-refractivity contribution in [2.75, 3.05) is 11.5 Å². The Balaban J connectivity index is 3.05. The van der Waals surface area contributed by atoms with Crippen molar-refractivity contribution in [2.45, 2.75) is 26.5 Å². The van der Waals surface area contributed by atoms with Crippen LogP contribution in [0.3, 0.4) is 0 Å². The van der Waals surface area contributed by atoms with Gasteiger partial charge in [-0.15, -0.1) is 0 Å². The molecule has 74 valence electrons. The van der Waals surface area contributed by atoms with Crippen LogP contribution >= 0.6 is 0 Å². The van der Waals surface area contributed by atoms with Gasteiger partial charge in [-0.3, -0.25) is 5.26 Å². The fourth-order valence-corrected chi connectivity index (χ4v) is 1.07. The molecular formula is C7H14N4O2. The lowest BCUT2D eigenvalue weighted by molar-refractivity contribution is -0.253. The van der Waals surface area contributed by atoms with Gasteiger partial charge in [-0.25, -0.2) is 9.57 Å². The zero-order valence-corrected chi connectivity index (χ0v) is 7.69. The summed E-state index contributed by atoms with van der Waals surface area (Å²) in [6.07, 6.45) is 0. The fraction of sp³-hybridized carbons (Fsp3) is 0.571. The van der Waals surface area contributed by atoms with Crippen LogP contribution in [0.2, 0.25) is 0 Å². The number of rotatable bonds is 3. The minimum atomic E-state index is -0.0459. The third-order valence-corrected chi connectivity index (χ3v) is 1.75. The maximum Gasteiger partial charge on any atom is 0.145 e. The molecule has 0 unspecified atom stereocenters. The SMILES string of the molecule is CC(C)n1nc(COO)c(N)c1N. The van der Waals surface area contributed by atoms with Crippen molar-refractivity contribution in [3.8, 4) is 0 Å². The molecule has 6 heteroatoms. The van der Waals surface area contributed by atoms with Crippen LogP contribution in [0, 0.1) is 0 Å². The molecule has 0 radical (unpaired) electrons. The second kappa shape index (κ2) is 3.63. The lowest BCUT2D eigenvalue weighted by Crippen LogP contribution is -2.07. The Bertz CT molecular complexity index is 295. The highest BCUT2D eigenvalue weighted by Crippen LogP contribution is 2.22. The quantitative estimate of drug-likeness (QED) is 0.474. The Morgan fingerprint density at radius 1 is 1.54 bits per heavy atom. The van der Waals surface area contributed by atoms with Gasteiger partial charge in [-0.2, -0.15) is 5.10 Å². The minimum Gasteiger partial charge on any atom is -0.394 e. The van der Waals surface area contributed by atoms with Crippen molar-refractivity contribution in [2.24, 2.45) is 0 Å². The minimum absolute atomic E-state index is 0.0459. The molecule has 0 aliphatic carbocycles. The first kappa shape index (κ1) is 9.82. The second-order valence-corrected chi connectivity index (χ2v) is 3.06. The Hall–Kier alpha value is -1.27. The number of hydrogen-bond acceptors (Lipinski definition) is 5. The van der Waals surface area contributed by atoms with Crippen LogP contribution in [0.25, 0.3) is 0 Å². The highest BCUT2D eigenvalue weighted by molar-refractivity contribution is 5.62. The molecule has 1 aromatic heterocycles. The number of anilines is 2. The van der Waals surface area contributed by atoms with E-state index < -0.39 is 0 Å². The summed E-state index contributed by atoms with van der Waals surface area (Å²) in [6, 6.07) is 0.134. The van der Waals surface area contributed by atoms with Crippen LogP contribution in [0.5, 0.6) is 0 Å².